The molecule has 0 aliphatic carbocycles. The quantitative estimate of drug-likeness (QED) is 0.430. The van der Waals surface area contributed by atoms with Crippen molar-refractivity contribution in [2.45, 2.75) is 26.2 Å². The van der Waals surface area contributed by atoms with Crippen LogP contribution in [0.15, 0.2) is 78.9 Å². The van der Waals surface area contributed by atoms with Gasteiger partial charge in [-0.15, -0.1) is 0 Å². The molecule has 0 aliphatic rings. The summed E-state index contributed by atoms with van der Waals surface area (Å²) in [7, 11) is 0. The van der Waals surface area contributed by atoms with E-state index in [4.69, 9.17) is 9.47 Å². The number of amides is 2. The van der Waals surface area contributed by atoms with Crippen LogP contribution in [0.4, 0.5) is 11.4 Å². The molecule has 3 rings (SSSR count). The van der Waals surface area contributed by atoms with Crippen molar-refractivity contribution in [1.29, 1.82) is 0 Å². The summed E-state index contributed by atoms with van der Waals surface area (Å²) in [5.74, 6) is -0.0258. The van der Waals surface area contributed by atoms with E-state index in [0.717, 1.165) is 17.7 Å². The number of hydrogen-bond donors (Lipinski definition) is 2. The predicted octanol–water partition coefficient (Wildman–Crippen LogP) is 4.94. The van der Waals surface area contributed by atoms with Crippen LogP contribution in [-0.4, -0.2) is 24.4 Å². The van der Waals surface area contributed by atoms with Crippen molar-refractivity contribution in [1.82, 2.24) is 0 Å². The average Bonchev–Trinajstić information content (AvgIpc) is 2.83. The van der Waals surface area contributed by atoms with Gasteiger partial charge in [-0.2, -0.15) is 0 Å². The number of hydrogen-bond acceptors (Lipinski definition) is 5. The summed E-state index contributed by atoms with van der Waals surface area (Å²) >= 11 is 0. The van der Waals surface area contributed by atoms with Gasteiger partial charge in [-0.1, -0.05) is 43.3 Å². The number of carbonyl (C=O) groups excluding carboxylic acids is 3. The monoisotopic (exact) mass is 446 g/mol. The van der Waals surface area contributed by atoms with Crippen molar-refractivity contribution < 1.29 is 23.9 Å². The molecule has 0 bridgehead atoms. The van der Waals surface area contributed by atoms with Crippen LogP contribution in [0.2, 0.25) is 0 Å². The van der Waals surface area contributed by atoms with E-state index in [9.17, 15) is 14.4 Å². The average molecular weight is 447 g/mol. The van der Waals surface area contributed by atoms with Crippen LogP contribution in [-0.2, 0) is 25.5 Å². The summed E-state index contributed by atoms with van der Waals surface area (Å²) < 4.78 is 10.7. The van der Waals surface area contributed by atoms with Crippen LogP contribution < -0.4 is 15.4 Å². The summed E-state index contributed by atoms with van der Waals surface area (Å²) in [4.78, 5) is 36.0. The molecule has 0 fully saturated rings. The lowest BCUT2D eigenvalue weighted by Crippen LogP contribution is -2.21. The van der Waals surface area contributed by atoms with Gasteiger partial charge in [-0.25, -0.2) is 0 Å². The summed E-state index contributed by atoms with van der Waals surface area (Å²) in [5, 5.41) is 5.45. The molecule has 0 spiro atoms. The largest absolute Gasteiger partial charge is 0.457 e. The molecule has 170 valence electrons. The van der Waals surface area contributed by atoms with E-state index in [1.807, 2.05) is 61.5 Å². The molecule has 3 aromatic carbocycles. The summed E-state index contributed by atoms with van der Waals surface area (Å²) in [5.41, 5.74) is 2.30. The Morgan fingerprint density at radius 3 is 2.12 bits per heavy atom. The molecule has 0 unspecified atom stereocenters. The first-order chi connectivity index (χ1) is 16.0. The zero-order valence-electron chi connectivity index (χ0n) is 18.4. The van der Waals surface area contributed by atoms with Crippen molar-refractivity contribution >= 4 is 29.2 Å². The van der Waals surface area contributed by atoms with Gasteiger partial charge in [0.05, 0.1) is 6.42 Å². The van der Waals surface area contributed by atoms with Crippen LogP contribution in [0.25, 0.3) is 0 Å². The van der Waals surface area contributed by atoms with Gasteiger partial charge in [0.25, 0.3) is 5.91 Å². The number of aryl methyl sites for hydroxylation is 1. The summed E-state index contributed by atoms with van der Waals surface area (Å²) in [6.07, 6.45) is 0.649. The molecule has 0 aliphatic heterocycles. The number of para-hydroxylation sites is 2. The van der Waals surface area contributed by atoms with Crippen LogP contribution in [0.1, 0.15) is 25.3 Å². The molecule has 2 amide bonds. The topological polar surface area (TPSA) is 93.7 Å². The van der Waals surface area contributed by atoms with E-state index >= 15 is 0 Å². The second-order valence-corrected chi connectivity index (χ2v) is 7.21. The van der Waals surface area contributed by atoms with Gasteiger partial charge in [0, 0.05) is 17.8 Å². The Balaban J connectivity index is 1.37. The maximum atomic E-state index is 12.1. The fourth-order valence-electron chi connectivity index (χ4n) is 3.03. The molecule has 0 saturated carbocycles. The fourth-order valence-corrected chi connectivity index (χ4v) is 3.03. The molecule has 0 radical (unpaired) electrons. The first kappa shape index (κ1) is 23.5. The van der Waals surface area contributed by atoms with Crippen molar-refractivity contribution in [2.24, 2.45) is 0 Å². The third-order valence-electron chi connectivity index (χ3n) is 4.71. The molecule has 3 aromatic rings. The molecule has 7 heteroatoms. The third-order valence-corrected chi connectivity index (χ3v) is 4.71. The van der Waals surface area contributed by atoms with Crippen molar-refractivity contribution in [3.63, 3.8) is 0 Å². The van der Waals surface area contributed by atoms with Crippen LogP contribution >= 0.6 is 0 Å². The van der Waals surface area contributed by atoms with Gasteiger partial charge >= 0.3 is 5.97 Å². The lowest BCUT2D eigenvalue weighted by molar-refractivity contribution is -0.147. The molecule has 0 atom stereocenters. The van der Waals surface area contributed by atoms with Gasteiger partial charge in [0.15, 0.2) is 6.61 Å². The molecule has 33 heavy (non-hydrogen) atoms. The van der Waals surface area contributed by atoms with Gasteiger partial charge in [-0.05, 0) is 54.4 Å². The molecular weight excluding hydrogens is 420 g/mol. The number of rotatable bonds is 10. The Kier molecular flexibility index (Phi) is 8.59. The Bertz CT molecular complexity index is 1080. The predicted molar refractivity (Wildman–Crippen MR) is 126 cm³/mol. The molecule has 7 nitrogen and oxygen atoms in total. The second-order valence-electron chi connectivity index (χ2n) is 7.21. The lowest BCUT2D eigenvalue weighted by atomic mass is 10.1. The highest BCUT2D eigenvalue weighted by atomic mass is 16.5. The Hall–Kier alpha value is -4.13. The van der Waals surface area contributed by atoms with Gasteiger partial charge in [-0.3, -0.25) is 14.4 Å². The van der Waals surface area contributed by atoms with E-state index in [1.54, 1.807) is 24.3 Å². The van der Waals surface area contributed by atoms with E-state index in [1.165, 1.54) is 0 Å². The molecule has 2 N–H and O–H groups in total. The second kappa shape index (κ2) is 12.0. The highest BCUT2D eigenvalue weighted by Gasteiger charge is 2.12. The minimum Gasteiger partial charge on any atom is -0.457 e. The van der Waals surface area contributed by atoms with E-state index in [2.05, 4.69) is 10.6 Å². The van der Waals surface area contributed by atoms with Crippen molar-refractivity contribution in [2.75, 3.05) is 17.2 Å². The fraction of sp³-hybridized carbons (Fsp3) is 0.192. The molecule has 0 aromatic heterocycles. The standard InChI is InChI=1S/C26H26N2O5/c1-2-19-8-6-7-11-23(19)28-24(29)16-17-26(31)32-18-25(30)27-20-12-14-22(15-13-20)33-21-9-4-3-5-10-21/h3-15H,2,16-18H2,1H3,(H,27,30)(H,28,29). The zero-order valence-corrected chi connectivity index (χ0v) is 18.4. The maximum absolute atomic E-state index is 12.1. The normalized spacial score (nSPS) is 10.2. The van der Waals surface area contributed by atoms with Crippen molar-refractivity contribution in [3.8, 4) is 11.5 Å². The van der Waals surface area contributed by atoms with Gasteiger partial charge in [0.2, 0.25) is 5.91 Å². The highest BCUT2D eigenvalue weighted by molar-refractivity contribution is 5.94. The zero-order chi connectivity index (χ0) is 23.5. The Morgan fingerprint density at radius 2 is 1.39 bits per heavy atom. The molecule has 0 saturated heterocycles. The van der Waals surface area contributed by atoms with E-state index in [-0.39, 0.29) is 18.7 Å². The Labute approximate surface area is 192 Å². The minimum absolute atomic E-state index is 0.0264. The number of anilines is 2. The van der Waals surface area contributed by atoms with E-state index in [0.29, 0.717) is 17.2 Å². The third kappa shape index (κ3) is 7.81. The number of benzene rings is 3. The number of carbonyl (C=O) groups is 3. The van der Waals surface area contributed by atoms with Crippen LogP contribution in [0, 0.1) is 0 Å². The van der Waals surface area contributed by atoms with E-state index < -0.39 is 18.5 Å². The van der Waals surface area contributed by atoms with Crippen LogP contribution in [0.5, 0.6) is 11.5 Å². The molecular formula is C26H26N2O5. The lowest BCUT2D eigenvalue weighted by Gasteiger charge is -2.10. The summed E-state index contributed by atoms with van der Waals surface area (Å²) in [6.45, 7) is 1.57. The Morgan fingerprint density at radius 1 is 0.727 bits per heavy atom. The summed E-state index contributed by atoms with van der Waals surface area (Å²) in [6, 6.07) is 23.7. The van der Waals surface area contributed by atoms with Gasteiger partial charge in [0.1, 0.15) is 11.5 Å². The molecule has 0 heterocycles. The first-order valence-electron chi connectivity index (χ1n) is 10.7. The highest BCUT2D eigenvalue weighted by Crippen LogP contribution is 2.22. The minimum atomic E-state index is -0.615. The smallest absolute Gasteiger partial charge is 0.306 e. The first-order valence-corrected chi connectivity index (χ1v) is 10.7. The number of nitrogens with one attached hydrogen (secondary N) is 2. The van der Waals surface area contributed by atoms with Crippen LogP contribution in [0.3, 0.4) is 0 Å². The van der Waals surface area contributed by atoms with Gasteiger partial charge < -0.3 is 20.1 Å². The number of esters is 1. The SMILES string of the molecule is CCc1ccccc1NC(=O)CCC(=O)OCC(=O)Nc1ccc(Oc2ccccc2)cc1. The maximum Gasteiger partial charge on any atom is 0.306 e. The number of ether oxygens (including phenoxy) is 2. The van der Waals surface area contributed by atoms with Crippen molar-refractivity contribution in [3.05, 3.63) is 84.4 Å².